The van der Waals surface area contributed by atoms with Crippen LogP contribution < -0.4 is 5.32 Å². The summed E-state index contributed by atoms with van der Waals surface area (Å²) in [6.45, 7) is 4.12. The minimum absolute atomic E-state index is 0.0843. The van der Waals surface area contributed by atoms with E-state index in [1.165, 1.54) is 0 Å². The lowest BCUT2D eigenvalue weighted by atomic mass is 10.1. The zero-order valence-corrected chi connectivity index (χ0v) is 13.6. The number of amides is 2. The maximum Gasteiger partial charge on any atom is 0.256 e. The second kappa shape index (κ2) is 7.27. The molecule has 2 aromatic rings. The van der Waals surface area contributed by atoms with E-state index in [-0.39, 0.29) is 11.8 Å². The van der Waals surface area contributed by atoms with Gasteiger partial charge in [0.25, 0.3) is 11.8 Å². The molecule has 0 atom stereocenters. The van der Waals surface area contributed by atoms with Gasteiger partial charge in [-0.05, 0) is 30.7 Å². The first-order valence-electron chi connectivity index (χ1n) is 8.00. The lowest BCUT2D eigenvalue weighted by molar-refractivity contribution is 0.0303. The molecule has 2 amide bonds. The summed E-state index contributed by atoms with van der Waals surface area (Å²) in [4.78, 5) is 27.0. The van der Waals surface area contributed by atoms with Crippen LogP contribution in [0.15, 0.2) is 48.5 Å². The Kier molecular flexibility index (Phi) is 4.91. The predicted octanol–water partition coefficient (Wildman–Crippen LogP) is 2.72. The smallest absolute Gasteiger partial charge is 0.256 e. The van der Waals surface area contributed by atoms with Crippen molar-refractivity contribution in [3.8, 4) is 0 Å². The maximum atomic E-state index is 12.7. The summed E-state index contributed by atoms with van der Waals surface area (Å²) in [6, 6.07) is 14.5. The first-order valence-corrected chi connectivity index (χ1v) is 8.00. The number of para-hydroxylation sites is 1. The molecule has 1 heterocycles. The summed E-state index contributed by atoms with van der Waals surface area (Å²) >= 11 is 0. The third kappa shape index (κ3) is 3.46. The molecule has 24 heavy (non-hydrogen) atoms. The molecule has 5 heteroatoms. The molecule has 0 bridgehead atoms. The second-order valence-electron chi connectivity index (χ2n) is 5.72. The zero-order valence-electron chi connectivity index (χ0n) is 13.6. The van der Waals surface area contributed by atoms with E-state index < -0.39 is 0 Å². The third-order valence-corrected chi connectivity index (χ3v) is 4.09. The Balaban J connectivity index is 1.83. The van der Waals surface area contributed by atoms with Gasteiger partial charge in [-0.15, -0.1) is 0 Å². The van der Waals surface area contributed by atoms with Gasteiger partial charge in [0.1, 0.15) is 0 Å². The summed E-state index contributed by atoms with van der Waals surface area (Å²) in [5.41, 5.74) is 2.53. The molecule has 2 aromatic carbocycles. The van der Waals surface area contributed by atoms with E-state index in [4.69, 9.17) is 4.74 Å². The number of carbonyl (C=O) groups is 2. The Morgan fingerprint density at radius 3 is 2.29 bits per heavy atom. The molecular weight excluding hydrogens is 304 g/mol. The van der Waals surface area contributed by atoms with Crippen LogP contribution in [0.5, 0.6) is 0 Å². The number of hydrogen-bond donors (Lipinski definition) is 1. The first-order chi connectivity index (χ1) is 11.7. The lowest BCUT2D eigenvalue weighted by Gasteiger charge is -2.27. The number of morpholine rings is 1. The van der Waals surface area contributed by atoms with Crippen LogP contribution in [0.1, 0.15) is 26.3 Å². The average Bonchev–Trinajstić information content (AvgIpc) is 2.62. The fourth-order valence-corrected chi connectivity index (χ4v) is 2.73. The molecule has 124 valence electrons. The quantitative estimate of drug-likeness (QED) is 0.944. The van der Waals surface area contributed by atoms with Gasteiger partial charge in [0.2, 0.25) is 0 Å². The van der Waals surface area contributed by atoms with Gasteiger partial charge in [0.05, 0.1) is 24.5 Å². The van der Waals surface area contributed by atoms with E-state index in [0.29, 0.717) is 43.1 Å². The molecule has 1 aliphatic rings. The molecule has 1 N–H and O–H groups in total. The first kappa shape index (κ1) is 16.2. The van der Waals surface area contributed by atoms with Crippen LogP contribution >= 0.6 is 0 Å². The van der Waals surface area contributed by atoms with Crippen molar-refractivity contribution in [3.63, 3.8) is 0 Å². The summed E-state index contributed by atoms with van der Waals surface area (Å²) in [6.07, 6.45) is 0. The second-order valence-corrected chi connectivity index (χ2v) is 5.72. The molecule has 1 fully saturated rings. The highest BCUT2D eigenvalue weighted by Gasteiger charge is 2.21. The third-order valence-electron chi connectivity index (χ3n) is 4.09. The molecule has 1 saturated heterocycles. The van der Waals surface area contributed by atoms with Crippen molar-refractivity contribution < 1.29 is 14.3 Å². The van der Waals surface area contributed by atoms with Crippen LogP contribution in [0.2, 0.25) is 0 Å². The van der Waals surface area contributed by atoms with Crippen molar-refractivity contribution >= 4 is 17.5 Å². The van der Waals surface area contributed by atoms with Crippen LogP contribution in [-0.2, 0) is 4.74 Å². The molecule has 5 nitrogen and oxygen atoms in total. The van der Waals surface area contributed by atoms with Crippen LogP contribution in [0.25, 0.3) is 0 Å². The zero-order chi connectivity index (χ0) is 16.9. The van der Waals surface area contributed by atoms with Crippen LogP contribution in [0.4, 0.5) is 5.69 Å². The maximum absolute atomic E-state index is 12.7. The highest BCUT2D eigenvalue weighted by molar-refractivity contribution is 6.09. The number of rotatable bonds is 3. The number of nitrogens with zero attached hydrogens (tertiary/aromatic N) is 1. The topological polar surface area (TPSA) is 58.6 Å². The summed E-state index contributed by atoms with van der Waals surface area (Å²) in [7, 11) is 0. The molecule has 0 aromatic heterocycles. The molecule has 0 radical (unpaired) electrons. The van der Waals surface area contributed by atoms with Crippen molar-refractivity contribution in [2.75, 3.05) is 31.6 Å². The number of carbonyl (C=O) groups excluding carboxylic acids is 2. The molecule has 1 aliphatic heterocycles. The molecule has 3 rings (SSSR count). The van der Waals surface area contributed by atoms with Gasteiger partial charge in [-0.1, -0.05) is 30.3 Å². The van der Waals surface area contributed by atoms with Crippen molar-refractivity contribution in [2.45, 2.75) is 6.92 Å². The molecule has 0 spiro atoms. The fraction of sp³-hybridized carbons (Fsp3) is 0.263. The van der Waals surface area contributed by atoms with E-state index in [1.807, 2.05) is 31.2 Å². The summed E-state index contributed by atoms with van der Waals surface area (Å²) < 4.78 is 5.29. The van der Waals surface area contributed by atoms with E-state index >= 15 is 0 Å². The Labute approximate surface area is 141 Å². The number of aryl methyl sites for hydroxylation is 1. The SMILES string of the molecule is Cc1ccccc1C(=O)Nc1ccccc1C(=O)N1CCOCC1. The number of benzene rings is 2. The van der Waals surface area contributed by atoms with Gasteiger partial charge in [-0.25, -0.2) is 0 Å². The summed E-state index contributed by atoms with van der Waals surface area (Å²) in [5.74, 6) is -0.297. The van der Waals surface area contributed by atoms with E-state index in [9.17, 15) is 9.59 Å². The van der Waals surface area contributed by atoms with Gasteiger partial charge in [0.15, 0.2) is 0 Å². The largest absolute Gasteiger partial charge is 0.378 e. The minimum atomic E-state index is -0.213. The minimum Gasteiger partial charge on any atom is -0.378 e. The van der Waals surface area contributed by atoms with Crippen molar-refractivity contribution in [3.05, 3.63) is 65.2 Å². The van der Waals surface area contributed by atoms with Gasteiger partial charge in [-0.2, -0.15) is 0 Å². The number of ether oxygens (including phenoxy) is 1. The monoisotopic (exact) mass is 324 g/mol. The van der Waals surface area contributed by atoms with Gasteiger partial charge >= 0.3 is 0 Å². The molecule has 0 saturated carbocycles. The predicted molar refractivity (Wildman–Crippen MR) is 92.3 cm³/mol. The van der Waals surface area contributed by atoms with Crippen molar-refractivity contribution in [2.24, 2.45) is 0 Å². The average molecular weight is 324 g/mol. The van der Waals surface area contributed by atoms with E-state index in [2.05, 4.69) is 5.32 Å². The van der Waals surface area contributed by atoms with Crippen molar-refractivity contribution in [1.29, 1.82) is 0 Å². The Bertz CT molecular complexity index is 752. The number of hydrogen-bond acceptors (Lipinski definition) is 3. The fourth-order valence-electron chi connectivity index (χ4n) is 2.73. The van der Waals surface area contributed by atoms with Gasteiger partial charge in [-0.3, -0.25) is 9.59 Å². The Hall–Kier alpha value is -2.66. The number of nitrogens with one attached hydrogen (secondary N) is 1. The highest BCUT2D eigenvalue weighted by atomic mass is 16.5. The number of anilines is 1. The highest BCUT2D eigenvalue weighted by Crippen LogP contribution is 2.20. The Morgan fingerprint density at radius 2 is 1.58 bits per heavy atom. The van der Waals surface area contributed by atoms with E-state index in [1.54, 1.807) is 29.2 Å². The van der Waals surface area contributed by atoms with E-state index in [0.717, 1.165) is 5.56 Å². The van der Waals surface area contributed by atoms with Crippen LogP contribution in [0, 0.1) is 6.92 Å². The van der Waals surface area contributed by atoms with Crippen LogP contribution in [-0.4, -0.2) is 43.0 Å². The lowest BCUT2D eigenvalue weighted by Crippen LogP contribution is -2.41. The van der Waals surface area contributed by atoms with Crippen molar-refractivity contribution in [1.82, 2.24) is 4.90 Å². The molecule has 0 aliphatic carbocycles. The van der Waals surface area contributed by atoms with Crippen LogP contribution in [0.3, 0.4) is 0 Å². The van der Waals surface area contributed by atoms with Gasteiger partial charge < -0.3 is 15.0 Å². The van der Waals surface area contributed by atoms with Gasteiger partial charge in [0, 0.05) is 18.7 Å². The molecule has 0 unspecified atom stereocenters. The standard InChI is InChI=1S/C19H20N2O3/c1-14-6-2-3-7-15(14)18(22)20-17-9-5-4-8-16(17)19(23)21-10-12-24-13-11-21/h2-9H,10-13H2,1H3,(H,20,22). The Morgan fingerprint density at radius 1 is 0.958 bits per heavy atom. The normalized spacial score (nSPS) is 14.3. The molecular formula is C19H20N2O3. The summed E-state index contributed by atoms with van der Waals surface area (Å²) in [5, 5.41) is 2.87.